The van der Waals surface area contributed by atoms with Gasteiger partial charge in [-0.25, -0.2) is 4.79 Å². The quantitative estimate of drug-likeness (QED) is 0.584. The summed E-state index contributed by atoms with van der Waals surface area (Å²) in [5.41, 5.74) is 0.176. The summed E-state index contributed by atoms with van der Waals surface area (Å²) in [5, 5.41) is 7.89. The highest BCUT2D eigenvalue weighted by Gasteiger charge is 1.90. The van der Waals surface area contributed by atoms with E-state index < -0.39 is 5.97 Å². The molecule has 0 unspecified atom stereocenters. The van der Waals surface area contributed by atoms with Crippen LogP contribution in [0.25, 0.3) is 0 Å². The minimum Gasteiger partial charge on any atom is -0.478 e. The van der Waals surface area contributed by atoms with Crippen LogP contribution in [0.15, 0.2) is 36.5 Å². The molecule has 0 aromatic heterocycles. The maximum atomic E-state index is 9.60. The minimum atomic E-state index is -0.935. The van der Waals surface area contributed by atoms with Crippen molar-refractivity contribution in [1.82, 2.24) is 0 Å². The molecular weight excluding hydrogens is 140 g/mol. The number of allylic oxidation sites excluding steroid dienone is 4. The Hall–Kier alpha value is -1.31. The molecule has 0 bridgehead atoms. The zero-order chi connectivity index (χ0) is 8.69. The van der Waals surface area contributed by atoms with E-state index in [2.05, 4.69) is 30.9 Å². The summed E-state index contributed by atoms with van der Waals surface area (Å²) in [6.45, 7) is 4.60. The summed E-state index contributed by atoms with van der Waals surface area (Å²) in [4.78, 5) is 9.60. The van der Waals surface area contributed by atoms with E-state index in [0.717, 1.165) is 6.42 Å². The maximum absolute atomic E-state index is 9.60. The predicted molar refractivity (Wildman–Crippen MR) is 45.3 cm³/mol. The van der Waals surface area contributed by atoms with Gasteiger partial charge in [0.1, 0.15) is 0 Å². The molecule has 2 heteroatoms. The van der Waals surface area contributed by atoms with E-state index in [-0.39, 0.29) is 5.57 Å². The molecule has 1 N–H and O–H groups in total. The first kappa shape index (κ1) is 9.69. The molecule has 0 heterocycles. The zero-order valence-electron chi connectivity index (χ0n) is 6.58. The van der Waals surface area contributed by atoms with Crippen molar-refractivity contribution in [2.24, 2.45) is 0 Å². The van der Waals surface area contributed by atoms with Crippen LogP contribution in [-0.4, -0.2) is 11.1 Å². The Morgan fingerprint density at radius 3 is 1.91 bits per heavy atom. The van der Waals surface area contributed by atoms with Crippen molar-refractivity contribution in [3.63, 3.8) is 0 Å². The van der Waals surface area contributed by atoms with Gasteiger partial charge in [0, 0.05) is 5.57 Å². The third-order valence-corrected chi connectivity index (χ3v) is 1.02. The lowest BCUT2D eigenvalue weighted by Crippen LogP contribution is -1.92. The second-order valence-electron chi connectivity index (χ2n) is 2.18. The van der Waals surface area contributed by atoms with Gasteiger partial charge in [-0.3, -0.25) is 0 Å². The highest BCUT2D eigenvalue weighted by atomic mass is 16.4. The van der Waals surface area contributed by atoms with Crippen LogP contribution in [0.1, 0.15) is 13.3 Å². The van der Waals surface area contributed by atoms with Gasteiger partial charge in [-0.2, -0.15) is 0 Å². The zero-order valence-corrected chi connectivity index (χ0v) is 6.58. The average molecular weight is 152 g/mol. The van der Waals surface area contributed by atoms with Crippen LogP contribution >= 0.6 is 0 Å². The predicted octanol–water partition coefficient (Wildman–Crippen LogP) is 2.15. The second-order valence-corrected chi connectivity index (χ2v) is 2.18. The fourth-order valence-corrected chi connectivity index (χ4v) is 0.393. The molecule has 0 amide bonds. The highest BCUT2D eigenvalue weighted by Crippen LogP contribution is 1.93. The normalized spacial score (nSPS) is 12.1. The van der Waals surface area contributed by atoms with E-state index in [9.17, 15) is 4.79 Å². The van der Waals surface area contributed by atoms with E-state index in [4.69, 9.17) is 5.11 Å². The molecule has 2 nitrogen and oxygen atoms in total. The van der Waals surface area contributed by atoms with Crippen molar-refractivity contribution in [2.75, 3.05) is 0 Å². The fraction of sp³-hybridized carbons (Fsp3) is 0.222. The molecule has 1 rings (SSSR count). The van der Waals surface area contributed by atoms with E-state index in [1.54, 1.807) is 0 Å². The van der Waals surface area contributed by atoms with Gasteiger partial charge in [-0.15, -0.1) is 0 Å². The Morgan fingerprint density at radius 2 is 1.82 bits per heavy atom. The number of carboxylic acids is 1. The van der Waals surface area contributed by atoms with Crippen molar-refractivity contribution in [2.45, 2.75) is 13.3 Å². The molecule has 11 heavy (non-hydrogen) atoms. The number of hydrogen-bond acceptors (Lipinski definition) is 1. The van der Waals surface area contributed by atoms with E-state index in [0.29, 0.717) is 0 Å². The van der Waals surface area contributed by atoms with Crippen molar-refractivity contribution in [3.05, 3.63) is 36.5 Å². The van der Waals surface area contributed by atoms with Crippen LogP contribution < -0.4 is 0 Å². The Kier molecular flexibility index (Phi) is 4.82. The molecule has 0 fully saturated rings. The van der Waals surface area contributed by atoms with Gasteiger partial charge in [0.2, 0.25) is 0 Å². The van der Waals surface area contributed by atoms with Crippen LogP contribution in [0.4, 0.5) is 0 Å². The monoisotopic (exact) mass is 152 g/mol. The smallest absolute Gasteiger partial charge is 0.330 e. The number of hydrogen-bond donors (Lipinski definition) is 1. The lowest BCUT2D eigenvalue weighted by molar-refractivity contribution is -0.132. The van der Waals surface area contributed by atoms with Crippen molar-refractivity contribution >= 4 is 5.97 Å². The largest absolute Gasteiger partial charge is 0.478 e. The van der Waals surface area contributed by atoms with Crippen LogP contribution in [0, 0.1) is 0 Å². The van der Waals surface area contributed by atoms with E-state index >= 15 is 0 Å². The van der Waals surface area contributed by atoms with Crippen LogP contribution in [0.5, 0.6) is 0 Å². The molecular formula is C9H12O2. The van der Waals surface area contributed by atoms with Gasteiger partial charge in [0.25, 0.3) is 0 Å². The van der Waals surface area contributed by atoms with E-state index in [1.165, 1.54) is 6.92 Å². The van der Waals surface area contributed by atoms with Gasteiger partial charge in [0.05, 0.1) is 0 Å². The number of carboxylic acid groups (broad SMARTS) is 1. The molecule has 0 aliphatic heterocycles. The molecule has 0 saturated carbocycles. The second kappa shape index (κ2) is 5.47. The Labute approximate surface area is 66.5 Å². The molecule has 0 aromatic rings. The Bertz CT molecular complexity index is 178. The topological polar surface area (TPSA) is 37.3 Å². The van der Waals surface area contributed by atoms with E-state index in [1.807, 2.05) is 0 Å². The summed E-state index contributed by atoms with van der Waals surface area (Å²) < 4.78 is 0. The standard InChI is InChI=1S/C5H6.C4H6O2/c1-2-4-5-3-1;1-3(2)4(5)6/h1-4H,5H2;1H2,2H3,(H,5,6). The first-order valence-electron chi connectivity index (χ1n) is 3.35. The highest BCUT2D eigenvalue weighted by molar-refractivity contribution is 5.84. The summed E-state index contributed by atoms with van der Waals surface area (Å²) >= 11 is 0. The van der Waals surface area contributed by atoms with Gasteiger partial charge >= 0.3 is 5.97 Å². The average Bonchev–Trinajstić information content (AvgIpc) is 2.41. The summed E-state index contributed by atoms with van der Waals surface area (Å²) in [6, 6.07) is 0. The molecule has 0 aromatic carbocycles. The van der Waals surface area contributed by atoms with Crippen molar-refractivity contribution in [3.8, 4) is 0 Å². The number of rotatable bonds is 1. The maximum Gasteiger partial charge on any atom is 0.330 e. The number of aliphatic carboxylic acids is 1. The third-order valence-electron chi connectivity index (χ3n) is 1.02. The summed E-state index contributed by atoms with van der Waals surface area (Å²) in [5.74, 6) is -0.935. The first-order valence-corrected chi connectivity index (χ1v) is 3.35. The van der Waals surface area contributed by atoms with Gasteiger partial charge in [0.15, 0.2) is 0 Å². The first-order chi connectivity index (χ1) is 5.14. The van der Waals surface area contributed by atoms with Crippen LogP contribution in [0.3, 0.4) is 0 Å². The van der Waals surface area contributed by atoms with Gasteiger partial charge in [-0.05, 0) is 13.3 Å². The molecule has 60 valence electrons. The lowest BCUT2D eigenvalue weighted by Gasteiger charge is -1.79. The van der Waals surface area contributed by atoms with Crippen LogP contribution in [0.2, 0.25) is 0 Å². The molecule has 0 atom stereocenters. The SMILES string of the molecule is C1=CCC=C1.C=C(C)C(=O)O. The van der Waals surface area contributed by atoms with Crippen molar-refractivity contribution in [1.29, 1.82) is 0 Å². The molecule has 1 aliphatic rings. The summed E-state index contributed by atoms with van der Waals surface area (Å²) in [6.07, 6.45) is 9.50. The van der Waals surface area contributed by atoms with Gasteiger partial charge < -0.3 is 5.11 Å². The molecule has 0 saturated heterocycles. The van der Waals surface area contributed by atoms with Crippen molar-refractivity contribution < 1.29 is 9.90 Å². The molecule has 1 aliphatic carbocycles. The minimum absolute atomic E-state index is 0.176. The Balaban J connectivity index is 0.000000183. The third kappa shape index (κ3) is 6.58. The van der Waals surface area contributed by atoms with Crippen LogP contribution in [-0.2, 0) is 4.79 Å². The molecule has 0 spiro atoms. The lowest BCUT2D eigenvalue weighted by atomic mass is 10.4. The molecule has 0 radical (unpaired) electrons. The number of carbonyl (C=O) groups is 1. The summed E-state index contributed by atoms with van der Waals surface area (Å²) in [7, 11) is 0. The van der Waals surface area contributed by atoms with Gasteiger partial charge in [-0.1, -0.05) is 30.9 Å². The Morgan fingerprint density at radius 1 is 1.45 bits per heavy atom. The fourth-order valence-electron chi connectivity index (χ4n) is 0.393.